The second-order valence-electron chi connectivity index (χ2n) is 5.27. The van der Waals surface area contributed by atoms with Crippen molar-refractivity contribution in [2.45, 2.75) is 0 Å². The largest absolute Gasteiger partial charge is 0.497 e. The molecule has 4 rings (SSSR count). The average molecular weight is 350 g/mol. The number of rotatable bonds is 3. The lowest BCUT2D eigenvalue weighted by Crippen LogP contribution is -2.14. The Morgan fingerprint density at radius 2 is 2.12 bits per heavy atom. The third-order valence-corrected chi connectivity index (χ3v) is 4.58. The minimum Gasteiger partial charge on any atom is -0.497 e. The number of hydrogen-bond acceptors (Lipinski definition) is 4. The molecule has 6 nitrogen and oxygen atoms in total. The summed E-state index contributed by atoms with van der Waals surface area (Å²) >= 11 is 1.40. The molecule has 0 fully saturated rings. The standard InChI is InChI=1S/C18H14N4O2S/c1-24-13-6-4-12(5-7-13)22-9-10-25-18(22)21-17(23)15-11-20-16-14(15)3-2-8-19-16/h2-11H,1H3,(H,19,20). The Hall–Kier alpha value is -3.19. The van der Waals surface area contributed by atoms with E-state index in [1.165, 1.54) is 11.3 Å². The minimum absolute atomic E-state index is 0.302. The van der Waals surface area contributed by atoms with Gasteiger partial charge in [-0.2, -0.15) is 4.99 Å². The summed E-state index contributed by atoms with van der Waals surface area (Å²) in [6, 6.07) is 11.2. The minimum atomic E-state index is -0.302. The number of benzene rings is 1. The van der Waals surface area contributed by atoms with Crippen molar-refractivity contribution in [1.82, 2.24) is 14.5 Å². The van der Waals surface area contributed by atoms with Crippen LogP contribution in [0.5, 0.6) is 5.75 Å². The maximum Gasteiger partial charge on any atom is 0.281 e. The number of pyridine rings is 1. The lowest BCUT2D eigenvalue weighted by Gasteiger charge is -2.04. The molecule has 0 aliphatic carbocycles. The van der Waals surface area contributed by atoms with Gasteiger partial charge in [-0.1, -0.05) is 0 Å². The van der Waals surface area contributed by atoms with Gasteiger partial charge in [-0.3, -0.25) is 9.36 Å². The van der Waals surface area contributed by atoms with Crippen LogP contribution in [0, 0.1) is 0 Å². The summed E-state index contributed by atoms with van der Waals surface area (Å²) in [4.78, 5) is 24.7. The third kappa shape index (κ3) is 2.85. The zero-order valence-corrected chi connectivity index (χ0v) is 14.2. The number of H-pyrrole nitrogens is 1. The number of fused-ring (bicyclic) bond motifs is 1. The summed E-state index contributed by atoms with van der Waals surface area (Å²) in [7, 11) is 1.63. The molecule has 1 aromatic carbocycles. The molecule has 0 bridgehead atoms. The number of aromatic amines is 1. The van der Waals surface area contributed by atoms with Crippen LogP contribution in [0.15, 0.2) is 65.4 Å². The quantitative estimate of drug-likeness (QED) is 0.617. The molecular weight excluding hydrogens is 336 g/mol. The molecule has 0 radical (unpaired) electrons. The van der Waals surface area contributed by atoms with Crippen molar-refractivity contribution in [3.8, 4) is 11.4 Å². The van der Waals surface area contributed by atoms with Gasteiger partial charge in [-0.15, -0.1) is 11.3 Å². The molecule has 3 aromatic heterocycles. The highest BCUT2D eigenvalue weighted by atomic mass is 32.1. The Morgan fingerprint density at radius 1 is 1.28 bits per heavy atom. The van der Waals surface area contributed by atoms with Gasteiger partial charge in [0.2, 0.25) is 0 Å². The van der Waals surface area contributed by atoms with Crippen molar-refractivity contribution in [3.05, 3.63) is 70.7 Å². The molecular formula is C18H14N4O2S. The molecule has 3 heterocycles. The highest BCUT2D eigenvalue weighted by molar-refractivity contribution is 7.07. The van der Waals surface area contributed by atoms with Crippen LogP contribution in [0.2, 0.25) is 0 Å². The van der Waals surface area contributed by atoms with Gasteiger partial charge in [0.15, 0.2) is 4.80 Å². The molecule has 0 spiro atoms. The number of methoxy groups -OCH3 is 1. The van der Waals surface area contributed by atoms with Crippen LogP contribution in [-0.4, -0.2) is 27.6 Å². The number of thiazole rings is 1. The number of nitrogens with one attached hydrogen (secondary N) is 1. The maximum atomic E-state index is 12.6. The molecule has 0 unspecified atom stereocenters. The van der Waals surface area contributed by atoms with Crippen LogP contribution in [-0.2, 0) is 0 Å². The molecule has 1 amide bonds. The van der Waals surface area contributed by atoms with Gasteiger partial charge < -0.3 is 9.72 Å². The molecule has 0 saturated heterocycles. The summed E-state index contributed by atoms with van der Waals surface area (Å²) in [6.45, 7) is 0. The molecule has 7 heteroatoms. The van der Waals surface area contributed by atoms with Crippen LogP contribution < -0.4 is 9.54 Å². The Morgan fingerprint density at radius 3 is 2.92 bits per heavy atom. The molecule has 4 aromatic rings. The van der Waals surface area contributed by atoms with Crippen molar-refractivity contribution in [1.29, 1.82) is 0 Å². The van der Waals surface area contributed by atoms with Crippen molar-refractivity contribution in [2.24, 2.45) is 4.99 Å². The smallest absolute Gasteiger partial charge is 0.281 e. The highest BCUT2D eigenvalue weighted by Gasteiger charge is 2.12. The summed E-state index contributed by atoms with van der Waals surface area (Å²) < 4.78 is 7.05. The fourth-order valence-electron chi connectivity index (χ4n) is 2.57. The SMILES string of the molecule is COc1ccc(-n2ccsc2=NC(=O)c2c[nH]c3ncccc23)cc1. The average Bonchev–Trinajstić information content (AvgIpc) is 3.28. The number of carbonyl (C=O) groups is 1. The van der Waals surface area contributed by atoms with Gasteiger partial charge >= 0.3 is 0 Å². The Labute approximate surface area is 147 Å². The van der Waals surface area contributed by atoms with Gasteiger partial charge in [0.1, 0.15) is 11.4 Å². The Bertz CT molecular complexity index is 1110. The first-order valence-corrected chi connectivity index (χ1v) is 8.46. The second-order valence-corrected chi connectivity index (χ2v) is 6.15. The van der Waals surface area contributed by atoms with E-state index in [9.17, 15) is 4.79 Å². The normalized spacial score (nSPS) is 11.8. The number of nitrogens with zero attached hydrogens (tertiary/aromatic N) is 3. The summed E-state index contributed by atoms with van der Waals surface area (Å²) in [5.41, 5.74) is 2.10. The van der Waals surface area contributed by atoms with Crippen LogP contribution in [0.1, 0.15) is 10.4 Å². The molecule has 124 valence electrons. The first-order chi connectivity index (χ1) is 12.3. The van der Waals surface area contributed by atoms with Crippen molar-refractivity contribution >= 4 is 28.3 Å². The summed E-state index contributed by atoms with van der Waals surface area (Å²) in [5, 5.41) is 2.66. The summed E-state index contributed by atoms with van der Waals surface area (Å²) in [6.07, 6.45) is 5.21. The maximum absolute atomic E-state index is 12.6. The molecule has 0 saturated carbocycles. The zero-order valence-electron chi connectivity index (χ0n) is 13.3. The van der Waals surface area contributed by atoms with Crippen LogP contribution in [0.3, 0.4) is 0 Å². The Kier molecular flexibility index (Phi) is 3.91. The number of aromatic nitrogens is 3. The lowest BCUT2D eigenvalue weighted by molar-refractivity contribution is 0.0999. The molecule has 0 aliphatic heterocycles. The number of ether oxygens (including phenoxy) is 1. The van der Waals surface area contributed by atoms with Gasteiger partial charge in [-0.05, 0) is 36.4 Å². The van der Waals surface area contributed by atoms with Crippen LogP contribution >= 0.6 is 11.3 Å². The van der Waals surface area contributed by atoms with E-state index in [1.807, 2.05) is 46.5 Å². The first-order valence-electron chi connectivity index (χ1n) is 7.58. The van der Waals surface area contributed by atoms with Crippen LogP contribution in [0.4, 0.5) is 0 Å². The number of hydrogen-bond donors (Lipinski definition) is 1. The van der Waals surface area contributed by atoms with E-state index >= 15 is 0 Å². The number of carbonyl (C=O) groups excluding carboxylic acids is 1. The zero-order chi connectivity index (χ0) is 17.2. The predicted molar refractivity (Wildman–Crippen MR) is 96.2 cm³/mol. The van der Waals surface area contributed by atoms with E-state index in [0.717, 1.165) is 16.8 Å². The fraction of sp³-hybridized carbons (Fsp3) is 0.0556. The fourth-order valence-corrected chi connectivity index (χ4v) is 3.29. The topological polar surface area (TPSA) is 72.3 Å². The van der Waals surface area contributed by atoms with E-state index in [-0.39, 0.29) is 5.91 Å². The van der Waals surface area contributed by atoms with E-state index in [4.69, 9.17) is 4.74 Å². The van der Waals surface area contributed by atoms with Gasteiger partial charge in [-0.25, -0.2) is 4.98 Å². The van der Waals surface area contributed by atoms with Crippen molar-refractivity contribution < 1.29 is 9.53 Å². The summed E-state index contributed by atoms with van der Waals surface area (Å²) in [5.74, 6) is 0.476. The molecule has 0 atom stereocenters. The van der Waals surface area contributed by atoms with Crippen LogP contribution in [0.25, 0.3) is 16.7 Å². The highest BCUT2D eigenvalue weighted by Crippen LogP contribution is 2.17. The monoisotopic (exact) mass is 350 g/mol. The lowest BCUT2D eigenvalue weighted by atomic mass is 10.2. The Balaban J connectivity index is 1.75. The van der Waals surface area contributed by atoms with E-state index in [1.54, 1.807) is 25.6 Å². The molecule has 25 heavy (non-hydrogen) atoms. The third-order valence-electron chi connectivity index (χ3n) is 3.82. The van der Waals surface area contributed by atoms with E-state index < -0.39 is 0 Å². The van der Waals surface area contributed by atoms with E-state index in [2.05, 4.69) is 15.0 Å². The number of amides is 1. The van der Waals surface area contributed by atoms with Gasteiger partial charge in [0.05, 0.1) is 12.7 Å². The predicted octanol–water partition coefficient (Wildman–Crippen LogP) is 3.16. The second kappa shape index (κ2) is 6.37. The van der Waals surface area contributed by atoms with Crippen molar-refractivity contribution in [2.75, 3.05) is 7.11 Å². The van der Waals surface area contributed by atoms with Gasteiger partial charge in [0, 0.05) is 35.0 Å². The molecule has 0 aliphatic rings. The van der Waals surface area contributed by atoms with Crippen molar-refractivity contribution in [3.63, 3.8) is 0 Å². The van der Waals surface area contributed by atoms with Gasteiger partial charge in [0.25, 0.3) is 5.91 Å². The molecule has 1 N–H and O–H groups in total. The van der Waals surface area contributed by atoms with E-state index in [0.29, 0.717) is 16.0 Å². The first kappa shape index (κ1) is 15.3.